The van der Waals surface area contributed by atoms with Crippen LogP contribution in [0.15, 0.2) is 48.8 Å². The number of aromatic nitrogens is 3. The first-order chi connectivity index (χ1) is 14.3. The lowest BCUT2D eigenvalue weighted by molar-refractivity contribution is -0.116. The highest BCUT2D eigenvalue weighted by atomic mass is 16.2. The molecule has 0 atom stereocenters. The van der Waals surface area contributed by atoms with Crippen molar-refractivity contribution in [2.75, 3.05) is 18.9 Å². The van der Waals surface area contributed by atoms with E-state index in [4.69, 9.17) is 0 Å². The van der Waals surface area contributed by atoms with Crippen LogP contribution in [0.5, 0.6) is 0 Å². The predicted octanol–water partition coefficient (Wildman–Crippen LogP) is 3.72. The largest absolute Gasteiger partial charge is 0.332 e. The minimum Gasteiger partial charge on any atom is -0.332 e. The van der Waals surface area contributed by atoms with Crippen LogP contribution in [-0.4, -0.2) is 45.1 Å². The number of aryl methyl sites for hydroxylation is 1. The van der Waals surface area contributed by atoms with Gasteiger partial charge in [0.2, 0.25) is 5.91 Å². The third kappa shape index (κ3) is 4.40. The van der Waals surface area contributed by atoms with Gasteiger partial charge in [0.25, 0.3) is 5.91 Å². The number of amides is 2. The van der Waals surface area contributed by atoms with E-state index in [0.717, 1.165) is 22.5 Å². The summed E-state index contributed by atoms with van der Waals surface area (Å²) in [6.07, 6.45) is 3.23. The predicted molar refractivity (Wildman–Crippen MR) is 117 cm³/mol. The van der Waals surface area contributed by atoms with Crippen molar-refractivity contribution in [3.8, 4) is 5.82 Å². The first-order valence-corrected chi connectivity index (χ1v) is 9.90. The Morgan fingerprint density at radius 2 is 1.90 bits per heavy atom. The Balaban J connectivity index is 1.78. The Kier molecular flexibility index (Phi) is 6.30. The van der Waals surface area contributed by atoms with Crippen molar-refractivity contribution in [3.05, 3.63) is 71.2 Å². The second kappa shape index (κ2) is 8.90. The molecule has 0 spiro atoms. The maximum absolute atomic E-state index is 13.1. The summed E-state index contributed by atoms with van der Waals surface area (Å²) in [6, 6.07) is 11.3. The van der Waals surface area contributed by atoms with Gasteiger partial charge in [-0.15, -0.1) is 0 Å². The van der Waals surface area contributed by atoms with Crippen molar-refractivity contribution < 1.29 is 9.59 Å². The molecule has 0 bridgehead atoms. The summed E-state index contributed by atoms with van der Waals surface area (Å²) < 4.78 is 1.68. The summed E-state index contributed by atoms with van der Waals surface area (Å²) in [7, 11) is 1.62. The van der Waals surface area contributed by atoms with Gasteiger partial charge >= 0.3 is 0 Å². The fourth-order valence-electron chi connectivity index (χ4n) is 3.31. The van der Waals surface area contributed by atoms with Gasteiger partial charge in [0.15, 0.2) is 5.82 Å². The Labute approximate surface area is 176 Å². The molecule has 2 heterocycles. The fourth-order valence-corrected chi connectivity index (χ4v) is 3.31. The molecular weight excluding hydrogens is 378 g/mol. The molecule has 7 heteroatoms. The van der Waals surface area contributed by atoms with E-state index in [1.165, 1.54) is 4.90 Å². The fraction of sp³-hybridized carbons (Fsp3) is 0.304. The molecule has 2 aromatic heterocycles. The summed E-state index contributed by atoms with van der Waals surface area (Å²) in [5.74, 6) is 0.195. The number of rotatable bonds is 6. The van der Waals surface area contributed by atoms with Gasteiger partial charge in [-0.3, -0.25) is 9.59 Å². The van der Waals surface area contributed by atoms with E-state index in [0.29, 0.717) is 11.4 Å². The molecule has 30 heavy (non-hydrogen) atoms. The van der Waals surface area contributed by atoms with E-state index in [9.17, 15) is 9.59 Å². The van der Waals surface area contributed by atoms with E-state index in [1.54, 1.807) is 24.1 Å². The second-order valence-corrected chi connectivity index (χ2v) is 7.65. The van der Waals surface area contributed by atoms with Crippen LogP contribution in [0.2, 0.25) is 0 Å². The number of carbonyl (C=O) groups is 2. The number of nitrogens with zero attached hydrogens (tertiary/aromatic N) is 4. The van der Waals surface area contributed by atoms with Gasteiger partial charge in [-0.1, -0.05) is 32.0 Å². The number of likely N-dealkylation sites (N-methyl/N-ethyl adjacent to an activating group) is 1. The second-order valence-electron chi connectivity index (χ2n) is 7.65. The molecule has 0 aliphatic heterocycles. The Morgan fingerprint density at radius 3 is 2.57 bits per heavy atom. The molecule has 7 nitrogen and oxygen atoms in total. The van der Waals surface area contributed by atoms with Crippen molar-refractivity contribution in [2.24, 2.45) is 0 Å². The van der Waals surface area contributed by atoms with Crippen LogP contribution in [0.4, 0.5) is 5.69 Å². The zero-order valence-corrected chi connectivity index (χ0v) is 18.0. The maximum Gasteiger partial charge on any atom is 0.257 e. The minimum atomic E-state index is -0.253. The normalized spacial score (nSPS) is 10.9. The molecule has 2 amide bonds. The van der Waals surface area contributed by atoms with E-state index in [-0.39, 0.29) is 24.3 Å². The van der Waals surface area contributed by atoms with E-state index in [1.807, 2.05) is 64.1 Å². The minimum absolute atomic E-state index is 0.0469. The van der Waals surface area contributed by atoms with Gasteiger partial charge in [-0.25, -0.2) is 9.67 Å². The van der Waals surface area contributed by atoms with Crippen LogP contribution in [0.3, 0.4) is 0 Å². The van der Waals surface area contributed by atoms with Gasteiger partial charge in [0.05, 0.1) is 24.0 Å². The molecule has 156 valence electrons. The number of hydrogen-bond donors (Lipinski definition) is 1. The first-order valence-electron chi connectivity index (χ1n) is 9.90. The SMILES string of the molecule is Cc1cccc(NC(=O)CN(C)C(=O)c2cnn(-c3ccccn3)c2C(C)C)c1C. The molecule has 0 aliphatic rings. The molecule has 3 rings (SSSR count). The highest BCUT2D eigenvalue weighted by Gasteiger charge is 2.24. The van der Waals surface area contributed by atoms with Gasteiger partial charge in [-0.2, -0.15) is 5.10 Å². The molecule has 1 N–H and O–H groups in total. The van der Waals surface area contributed by atoms with Gasteiger partial charge < -0.3 is 10.2 Å². The third-order valence-corrected chi connectivity index (χ3v) is 5.06. The molecule has 0 radical (unpaired) electrons. The van der Waals surface area contributed by atoms with E-state index < -0.39 is 0 Å². The van der Waals surface area contributed by atoms with Crippen LogP contribution in [0, 0.1) is 13.8 Å². The Morgan fingerprint density at radius 1 is 1.13 bits per heavy atom. The molecule has 0 saturated heterocycles. The molecular formula is C23H27N5O2. The molecule has 1 aromatic carbocycles. The lowest BCUT2D eigenvalue weighted by atomic mass is 10.0. The third-order valence-electron chi connectivity index (χ3n) is 5.06. The van der Waals surface area contributed by atoms with Crippen molar-refractivity contribution >= 4 is 17.5 Å². The molecule has 3 aromatic rings. The highest BCUT2D eigenvalue weighted by molar-refractivity contribution is 6.00. The van der Waals surface area contributed by atoms with E-state index in [2.05, 4.69) is 15.4 Å². The molecule has 0 saturated carbocycles. The van der Waals surface area contributed by atoms with E-state index >= 15 is 0 Å². The lowest BCUT2D eigenvalue weighted by Crippen LogP contribution is -2.35. The van der Waals surface area contributed by atoms with Crippen LogP contribution in [-0.2, 0) is 4.79 Å². The number of hydrogen-bond acceptors (Lipinski definition) is 4. The summed E-state index contributed by atoms with van der Waals surface area (Å²) in [4.78, 5) is 31.4. The van der Waals surface area contributed by atoms with Gasteiger partial charge in [-0.05, 0) is 49.1 Å². The molecule has 0 fully saturated rings. The van der Waals surface area contributed by atoms with Gasteiger partial charge in [0, 0.05) is 18.9 Å². The molecule has 0 unspecified atom stereocenters. The quantitative estimate of drug-likeness (QED) is 0.678. The average molecular weight is 406 g/mol. The highest BCUT2D eigenvalue weighted by Crippen LogP contribution is 2.23. The summed E-state index contributed by atoms with van der Waals surface area (Å²) >= 11 is 0. The lowest BCUT2D eigenvalue weighted by Gasteiger charge is -2.19. The van der Waals surface area contributed by atoms with Crippen LogP contribution < -0.4 is 5.32 Å². The number of pyridine rings is 1. The summed E-state index contributed by atoms with van der Waals surface area (Å²) in [5.41, 5.74) is 4.10. The first kappa shape index (κ1) is 21.2. The number of anilines is 1. The van der Waals surface area contributed by atoms with Crippen LogP contribution in [0.25, 0.3) is 5.82 Å². The maximum atomic E-state index is 13.1. The Bertz CT molecular complexity index is 1060. The summed E-state index contributed by atoms with van der Waals surface area (Å²) in [6.45, 7) is 7.90. The smallest absolute Gasteiger partial charge is 0.257 e. The monoisotopic (exact) mass is 405 g/mol. The zero-order chi connectivity index (χ0) is 21.8. The van der Waals surface area contributed by atoms with Crippen molar-refractivity contribution in [1.29, 1.82) is 0 Å². The van der Waals surface area contributed by atoms with Gasteiger partial charge in [0.1, 0.15) is 0 Å². The molecule has 0 aliphatic carbocycles. The number of benzene rings is 1. The van der Waals surface area contributed by atoms with Crippen molar-refractivity contribution in [2.45, 2.75) is 33.6 Å². The Hall–Kier alpha value is -3.48. The standard InChI is InChI=1S/C23H27N5O2/c1-15(2)22-18(13-25-28(22)20-11-6-7-12-24-20)23(30)27(5)14-21(29)26-19-10-8-9-16(3)17(19)4/h6-13,15H,14H2,1-5H3,(H,26,29). The van der Waals surface area contributed by atoms with Crippen LogP contribution in [0.1, 0.15) is 46.9 Å². The number of nitrogens with one attached hydrogen (secondary N) is 1. The average Bonchev–Trinajstić information content (AvgIpc) is 3.17. The summed E-state index contributed by atoms with van der Waals surface area (Å²) in [5, 5.41) is 7.28. The zero-order valence-electron chi connectivity index (χ0n) is 18.0. The van der Waals surface area contributed by atoms with Crippen molar-refractivity contribution in [3.63, 3.8) is 0 Å². The number of carbonyl (C=O) groups excluding carboxylic acids is 2. The topological polar surface area (TPSA) is 80.1 Å². The van der Waals surface area contributed by atoms with Crippen molar-refractivity contribution in [1.82, 2.24) is 19.7 Å². The van der Waals surface area contributed by atoms with Crippen LogP contribution >= 0.6 is 0 Å².